The van der Waals surface area contributed by atoms with Gasteiger partial charge in [0, 0.05) is 38.9 Å². The lowest BCUT2D eigenvalue weighted by Gasteiger charge is -2.12. The average Bonchev–Trinajstić information content (AvgIpc) is 2.79. The molecule has 33 heavy (non-hydrogen) atoms. The van der Waals surface area contributed by atoms with Crippen LogP contribution in [-0.4, -0.2) is 29.3 Å². The fraction of sp³-hybridized carbons (Fsp3) is 0.0909. The predicted molar refractivity (Wildman–Crippen MR) is 124 cm³/mol. The normalized spacial score (nSPS) is 10.8. The summed E-state index contributed by atoms with van der Waals surface area (Å²) >= 11 is 12.0. The molecule has 0 saturated heterocycles. The fourth-order valence-electron chi connectivity index (χ4n) is 2.71. The largest absolute Gasteiger partial charge is 0.507 e. The lowest BCUT2D eigenvalue weighted by atomic mass is 10.2. The molecule has 0 aliphatic rings. The maximum atomic E-state index is 12.4. The Morgan fingerprint density at radius 2 is 1.94 bits per heavy atom. The second-order valence-corrected chi connectivity index (χ2v) is 7.43. The SMILES string of the molecule is COc1cc(C(=O)NN=Cc2cc([N+](=O)[O-])ccc2O)ccc1OCc1ccc(Cl)cc1Cl. The number of non-ortho nitro benzene ring substituents is 1. The molecule has 2 N–H and O–H groups in total. The van der Waals surface area contributed by atoms with Gasteiger partial charge in [-0.05, 0) is 36.4 Å². The minimum absolute atomic E-state index is 0.0756. The van der Waals surface area contributed by atoms with Gasteiger partial charge in [-0.15, -0.1) is 0 Å². The molecule has 9 nitrogen and oxygen atoms in total. The number of benzene rings is 3. The number of amides is 1. The van der Waals surface area contributed by atoms with Crippen molar-refractivity contribution in [2.24, 2.45) is 5.10 Å². The molecule has 170 valence electrons. The Balaban J connectivity index is 1.68. The lowest BCUT2D eigenvalue weighted by Crippen LogP contribution is -2.17. The average molecular weight is 490 g/mol. The van der Waals surface area contributed by atoms with Gasteiger partial charge in [0.15, 0.2) is 11.5 Å². The molecule has 0 saturated carbocycles. The molecule has 0 unspecified atom stereocenters. The molecule has 0 heterocycles. The van der Waals surface area contributed by atoms with Crippen molar-refractivity contribution in [1.29, 1.82) is 0 Å². The highest BCUT2D eigenvalue weighted by Crippen LogP contribution is 2.30. The lowest BCUT2D eigenvalue weighted by molar-refractivity contribution is -0.384. The zero-order chi connectivity index (χ0) is 24.0. The number of hydrogen-bond donors (Lipinski definition) is 2. The summed E-state index contributed by atoms with van der Waals surface area (Å²) in [6.45, 7) is 0.162. The molecule has 0 aliphatic carbocycles. The summed E-state index contributed by atoms with van der Waals surface area (Å²) in [6, 6.07) is 13.1. The van der Waals surface area contributed by atoms with Crippen LogP contribution in [0, 0.1) is 10.1 Å². The molecule has 3 aromatic carbocycles. The number of nitrogens with one attached hydrogen (secondary N) is 1. The molecule has 0 atom stereocenters. The number of hydrazone groups is 1. The van der Waals surface area contributed by atoms with Crippen LogP contribution >= 0.6 is 23.2 Å². The molecule has 0 spiro atoms. The third-order valence-corrected chi connectivity index (χ3v) is 5.00. The van der Waals surface area contributed by atoms with Crippen molar-refractivity contribution in [3.63, 3.8) is 0 Å². The Morgan fingerprint density at radius 1 is 1.15 bits per heavy atom. The van der Waals surface area contributed by atoms with E-state index in [9.17, 15) is 20.0 Å². The summed E-state index contributed by atoms with van der Waals surface area (Å²) in [4.78, 5) is 22.7. The third kappa shape index (κ3) is 6.12. The fourth-order valence-corrected chi connectivity index (χ4v) is 3.17. The molecule has 0 radical (unpaired) electrons. The third-order valence-electron chi connectivity index (χ3n) is 4.42. The smallest absolute Gasteiger partial charge is 0.271 e. The van der Waals surface area contributed by atoms with Crippen LogP contribution in [0.1, 0.15) is 21.5 Å². The number of nitro benzene ring substituents is 1. The first-order valence-electron chi connectivity index (χ1n) is 9.34. The van der Waals surface area contributed by atoms with Crippen molar-refractivity contribution in [3.05, 3.63) is 91.4 Å². The summed E-state index contributed by atoms with van der Waals surface area (Å²) in [5.41, 5.74) is 3.09. The number of hydrogen-bond acceptors (Lipinski definition) is 7. The number of carbonyl (C=O) groups is 1. The van der Waals surface area contributed by atoms with Crippen LogP contribution in [0.3, 0.4) is 0 Å². The van der Waals surface area contributed by atoms with E-state index in [1.807, 2.05) is 0 Å². The predicted octanol–water partition coefficient (Wildman–Crippen LogP) is 4.96. The van der Waals surface area contributed by atoms with Crippen LogP contribution in [0.5, 0.6) is 17.2 Å². The van der Waals surface area contributed by atoms with Crippen LogP contribution < -0.4 is 14.9 Å². The number of halogens is 2. The minimum Gasteiger partial charge on any atom is -0.507 e. The Bertz CT molecular complexity index is 1230. The van der Waals surface area contributed by atoms with Gasteiger partial charge >= 0.3 is 0 Å². The van der Waals surface area contributed by atoms with Crippen molar-refractivity contribution >= 4 is 41.0 Å². The number of rotatable bonds is 8. The second kappa shape index (κ2) is 10.7. The van der Waals surface area contributed by atoms with E-state index in [0.717, 1.165) is 23.9 Å². The number of nitrogens with zero attached hydrogens (tertiary/aromatic N) is 2. The summed E-state index contributed by atoms with van der Waals surface area (Å²) in [7, 11) is 1.43. The molecule has 0 aliphatic heterocycles. The number of nitro groups is 1. The standard InChI is InChI=1S/C22H17Cl2N3O6/c1-32-21-9-13(3-7-20(21)33-12-14-2-4-16(23)10-18(14)24)22(29)26-25-11-15-8-17(27(30)31)5-6-19(15)28/h2-11,28H,12H2,1H3,(H,26,29). The minimum atomic E-state index is -0.605. The van der Waals surface area contributed by atoms with Crippen molar-refractivity contribution in [1.82, 2.24) is 5.43 Å². The Morgan fingerprint density at radius 3 is 2.64 bits per heavy atom. The monoisotopic (exact) mass is 489 g/mol. The van der Waals surface area contributed by atoms with Gasteiger partial charge in [-0.25, -0.2) is 5.43 Å². The number of methoxy groups -OCH3 is 1. The highest BCUT2D eigenvalue weighted by molar-refractivity contribution is 6.35. The van der Waals surface area contributed by atoms with E-state index in [4.69, 9.17) is 32.7 Å². The first-order chi connectivity index (χ1) is 15.8. The van der Waals surface area contributed by atoms with Crippen LogP contribution in [0.4, 0.5) is 5.69 Å². The zero-order valence-corrected chi connectivity index (χ0v) is 18.6. The highest BCUT2D eigenvalue weighted by atomic mass is 35.5. The van der Waals surface area contributed by atoms with Crippen molar-refractivity contribution in [3.8, 4) is 17.2 Å². The van der Waals surface area contributed by atoms with Gasteiger partial charge in [0.05, 0.1) is 18.2 Å². The van der Waals surface area contributed by atoms with E-state index in [1.165, 1.54) is 25.3 Å². The first-order valence-corrected chi connectivity index (χ1v) is 10.1. The van der Waals surface area contributed by atoms with Gasteiger partial charge < -0.3 is 14.6 Å². The molecule has 1 amide bonds. The quantitative estimate of drug-likeness (QED) is 0.262. The Kier molecular flexibility index (Phi) is 7.70. The maximum Gasteiger partial charge on any atom is 0.271 e. The van der Waals surface area contributed by atoms with Crippen molar-refractivity contribution in [2.45, 2.75) is 6.61 Å². The molecule has 3 aromatic rings. The maximum absolute atomic E-state index is 12.4. The zero-order valence-electron chi connectivity index (χ0n) is 17.1. The first kappa shape index (κ1) is 23.8. The van der Waals surface area contributed by atoms with E-state index in [1.54, 1.807) is 24.3 Å². The summed E-state index contributed by atoms with van der Waals surface area (Å²) in [5.74, 6) is -0.0811. The molecular formula is C22H17Cl2N3O6. The number of aromatic hydroxyl groups is 1. The summed E-state index contributed by atoms with van der Waals surface area (Å²) in [6.07, 6.45) is 1.10. The molecule has 11 heteroatoms. The molecule has 3 rings (SSSR count). The highest BCUT2D eigenvalue weighted by Gasteiger charge is 2.13. The van der Waals surface area contributed by atoms with Gasteiger partial charge in [0.2, 0.25) is 0 Å². The molecule has 0 aromatic heterocycles. The van der Waals surface area contributed by atoms with Gasteiger partial charge in [0.1, 0.15) is 12.4 Å². The molecule has 0 bridgehead atoms. The van der Waals surface area contributed by atoms with E-state index in [-0.39, 0.29) is 29.2 Å². The van der Waals surface area contributed by atoms with E-state index in [0.29, 0.717) is 21.5 Å². The van der Waals surface area contributed by atoms with Crippen LogP contribution in [-0.2, 0) is 6.61 Å². The summed E-state index contributed by atoms with van der Waals surface area (Å²) in [5, 5.41) is 25.4. The van der Waals surface area contributed by atoms with Crippen molar-refractivity contribution < 1.29 is 24.3 Å². The van der Waals surface area contributed by atoms with Crippen LogP contribution in [0.2, 0.25) is 10.0 Å². The number of ether oxygens (including phenoxy) is 2. The van der Waals surface area contributed by atoms with Crippen LogP contribution in [0.25, 0.3) is 0 Å². The number of phenols is 1. The van der Waals surface area contributed by atoms with Gasteiger partial charge in [0.25, 0.3) is 11.6 Å². The van der Waals surface area contributed by atoms with E-state index >= 15 is 0 Å². The number of carbonyl (C=O) groups excluding carboxylic acids is 1. The van der Waals surface area contributed by atoms with E-state index < -0.39 is 10.8 Å². The second-order valence-electron chi connectivity index (χ2n) is 6.59. The number of phenolic OH excluding ortho intramolecular Hbond substituents is 1. The Hall–Kier alpha value is -3.82. The van der Waals surface area contributed by atoms with E-state index in [2.05, 4.69) is 10.5 Å². The Labute approximate surface area is 198 Å². The van der Waals surface area contributed by atoms with Crippen LogP contribution in [0.15, 0.2) is 59.7 Å². The van der Waals surface area contributed by atoms with Gasteiger partial charge in [-0.2, -0.15) is 5.10 Å². The van der Waals surface area contributed by atoms with Gasteiger partial charge in [-0.1, -0.05) is 29.3 Å². The van der Waals surface area contributed by atoms with Crippen molar-refractivity contribution in [2.75, 3.05) is 7.11 Å². The van der Waals surface area contributed by atoms with Gasteiger partial charge in [-0.3, -0.25) is 14.9 Å². The summed E-state index contributed by atoms with van der Waals surface area (Å²) < 4.78 is 11.1. The molecular weight excluding hydrogens is 473 g/mol. The topological polar surface area (TPSA) is 123 Å². The molecule has 0 fully saturated rings.